The number of aliphatic hydroxyl groups excluding tert-OH is 17. The van der Waals surface area contributed by atoms with Crippen LogP contribution in [0.3, 0.4) is 0 Å². The summed E-state index contributed by atoms with van der Waals surface area (Å²) in [5.74, 6) is -3.22. The van der Waals surface area contributed by atoms with Crippen LogP contribution < -0.4 is 0 Å². The molecule has 9 rings (SSSR count). The summed E-state index contributed by atoms with van der Waals surface area (Å²) in [6.07, 6.45) is -35.2. The molecule has 498 valence electrons. The minimum absolute atomic E-state index is 0.0297. The first-order valence-corrected chi connectivity index (χ1v) is 30.5. The molecular weight excluding hydrogens is 1160 g/mol. The second-order valence-electron chi connectivity index (χ2n) is 25.1. The summed E-state index contributed by atoms with van der Waals surface area (Å²) in [5.41, 5.74) is 0. The van der Waals surface area contributed by atoms with Gasteiger partial charge >= 0.3 is 11.9 Å². The molecule has 0 aromatic heterocycles. The van der Waals surface area contributed by atoms with Gasteiger partial charge in [0.1, 0.15) is 111 Å². The van der Waals surface area contributed by atoms with Gasteiger partial charge in [-0.1, -0.05) is 12.2 Å². The van der Waals surface area contributed by atoms with E-state index in [0.717, 1.165) is 0 Å². The van der Waals surface area contributed by atoms with Gasteiger partial charge in [-0.25, -0.2) is 9.59 Å². The summed E-state index contributed by atoms with van der Waals surface area (Å²) in [6.45, 7) is -0.389. The van der Waals surface area contributed by atoms with Gasteiger partial charge in [0.25, 0.3) is 0 Å². The highest BCUT2D eigenvalue weighted by atomic mass is 16.7. The maximum Gasteiger partial charge on any atom is 0.330 e. The molecule has 0 spiro atoms. The Morgan fingerprint density at radius 2 is 0.862 bits per heavy atom. The van der Waals surface area contributed by atoms with Crippen molar-refractivity contribution in [1.29, 1.82) is 0 Å². The molecule has 87 heavy (non-hydrogen) atoms. The summed E-state index contributed by atoms with van der Waals surface area (Å²) in [7, 11) is 0. The molecule has 0 bridgehead atoms. The van der Waals surface area contributed by atoms with Gasteiger partial charge < -0.3 is 139 Å². The van der Waals surface area contributed by atoms with E-state index in [1.807, 2.05) is 0 Å². The molecule has 30 unspecified atom stereocenters. The third kappa shape index (κ3) is 16.6. The second kappa shape index (κ2) is 30.4. The topological polar surface area (TPSA) is 480 Å². The lowest BCUT2D eigenvalue weighted by molar-refractivity contribution is -0.350. The Morgan fingerprint density at radius 3 is 1.37 bits per heavy atom. The highest BCUT2D eigenvalue weighted by molar-refractivity contribution is 5.82. The Labute approximate surface area is 501 Å². The number of ether oxygens (including phenoxy) is 11. The first-order valence-electron chi connectivity index (χ1n) is 30.5. The highest BCUT2D eigenvalue weighted by Crippen LogP contribution is 2.46. The van der Waals surface area contributed by atoms with Crippen LogP contribution in [0.4, 0.5) is 0 Å². The van der Waals surface area contributed by atoms with Crippen molar-refractivity contribution >= 4 is 11.9 Å². The van der Waals surface area contributed by atoms with Crippen LogP contribution in [-0.2, 0) is 61.7 Å². The molecule has 30 atom stereocenters. The van der Waals surface area contributed by atoms with Gasteiger partial charge in [-0.2, -0.15) is 0 Å². The number of fused-ring (bicyclic) bond motifs is 1. The van der Waals surface area contributed by atoms with Gasteiger partial charge in [-0.05, 0) is 95.3 Å². The summed E-state index contributed by atoms with van der Waals surface area (Å²) in [6, 6.07) is 0. The second-order valence-corrected chi connectivity index (χ2v) is 25.1. The maximum absolute atomic E-state index is 12.7. The molecule has 17 N–H and O–H groups in total. The van der Waals surface area contributed by atoms with Crippen LogP contribution in [0.25, 0.3) is 0 Å². The van der Waals surface area contributed by atoms with Crippen molar-refractivity contribution in [2.75, 3.05) is 19.8 Å². The van der Waals surface area contributed by atoms with Crippen molar-refractivity contribution in [2.45, 2.75) is 274 Å². The zero-order valence-electron chi connectivity index (χ0n) is 48.2. The molecule has 0 amide bonds. The SMILES string of the molecule is CC1OC(OCC2OC(OC3CC4C(O)CC(OC5OC(COC(=O)C=CC6CCC(O)CC6)C(O)C(O)C5O)CC4OC3C3CC(O)C(O)C(OC4OC(COC(=O)C=CC5CCC(O)CC5)C(O)C(O)C4O)C3)C(O)C(O)C2O)C(O)C(O)C1O. The predicted molar refractivity (Wildman–Crippen MR) is 286 cm³/mol. The molecular formula is C57H90O30. The van der Waals surface area contributed by atoms with Crippen molar-refractivity contribution in [1.82, 2.24) is 0 Å². The van der Waals surface area contributed by atoms with Gasteiger partial charge in [0.05, 0.1) is 67.6 Å². The van der Waals surface area contributed by atoms with Crippen LogP contribution >= 0.6 is 0 Å². The molecule has 5 aliphatic heterocycles. The molecule has 4 aliphatic carbocycles. The Kier molecular flexibility index (Phi) is 24.0. The van der Waals surface area contributed by atoms with Crippen LogP contribution in [0.15, 0.2) is 24.3 Å². The number of esters is 2. The van der Waals surface area contributed by atoms with E-state index in [0.29, 0.717) is 51.4 Å². The van der Waals surface area contributed by atoms with E-state index in [-0.39, 0.29) is 43.9 Å². The van der Waals surface area contributed by atoms with E-state index in [9.17, 15) is 96.4 Å². The molecule has 0 radical (unpaired) electrons. The van der Waals surface area contributed by atoms with Gasteiger partial charge in [0.15, 0.2) is 25.2 Å². The zero-order valence-corrected chi connectivity index (χ0v) is 48.2. The average molecular weight is 1260 g/mol. The zero-order chi connectivity index (χ0) is 62.7. The summed E-state index contributed by atoms with van der Waals surface area (Å²) < 4.78 is 65.2. The molecule has 0 aromatic carbocycles. The number of carbonyl (C=O) groups excluding carboxylic acids is 2. The van der Waals surface area contributed by atoms with Crippen LogP contribution in [0.5, 0.6) is 0 Å². The monoisotopic (exact) mass is 1250 g/mol. The average Bonchev–Trinajstić information content (AvgIpc) is 1.05. The molecule has 9 fully saturated rings. The summed E-state index contributed by atoms with van der Waals surface area (Å²) >= 11 is 0. The van der Waals surface area contributed by atoms with Crippen molar-refractivity contribution in [3.8, 4) is 0 Å². The molecule has 30 nitrogen and oxygen atoms in total. The van der Waals surface area contributed by atoms with Crippen molar-refractivity contribution in [3.05, 3.63) is 24.3 Å². The molecule has 30 heteroatoms. The number of carbonyl (C=O) groups is 2. The van der Waals surface area contributed by atoms with Gasteiger partial charge in [0, 0.05) is 30.9 Å². The molecule has 9 aliphatic rings. The van der Waals surface area contributed by atoms with Gasteiger partial charge in [0.2, 0.25) is 0 Å². The molecule has 0 aromatic rings. The summed E-state index contributed by atoms with van der Waals surface area (Å²) in [4.78, 5) is 25.4. The normalized spacial score (nSPS) is 50.1. The predicted octanol–water partition coefficient (Wildman–Crippen LogP) is -6.23. The first kappa shape index (κ1) is 68.7. The van der Waals surface area contributed by atoms with Gasteiger partial charge in [-0.15, -0.1) is 0 Å². The standard InChI is InChI=1S/C57H90O30/c1-22-40(64)45(69)49(73)54(80-22)79-21-37-44(68)48(72)52(76)57(87-37)84-34-18-29-30(60)16-28(81-55-50(74)46(70)42(66)35(85-55)19-77-38(62)12-6-23-2-8-26(58)9-3-23)17-32(29)82-53(34)25-14-31(61)41(65)33(15-25)83-56-51(75)47(71)43(67)36(86-56)20-78-39(63)13-7-24-4-10-27(59)11-5-24/h6-7,12-13,22-37,40-61,64-76H,2-5,8-11,14-21H2,1H3. The highest BCUT2D eigenvalue weighted by Gasteiger charge is 2.56. The van der Waals surface area contributed by atoms with Gasteiger partial charge in [-0.3, -0.25) is 0 Å². The summed E-state index contributed by atoms with van der Waals surface area (Å²) in [5, 5.41) is 185. The van der Waals surface area contributed by atoms with E-state index in [2.05, 4.69) is 0 Å². The Morgan fingerprint density at radius 1 is 0.414 bits per heavy atom. The van der Waals surface area contributed by atoms with E-state index >= 15 is 0 Å². The lowest BCUT2D eigenvalue weighted by Gasteiger charge is -2.52. The third-order valence-electron chi connectivity index (χ3n) is 18.9. The minimum atomic E-state index is -1.97. The molecule has 5 saturated heterocycles. The number of rotatable bonds is 18. The Bertz CT molecular complexity index is 2230. The fraction of sp³-hybridized carbons (Fsp3) is 0.895. The van der Waals surface area contributed by atoms with Crippen molar-refractivity contribution in [3.63, 3.8) is 0 Å². The van der Waals surface area contributed by atoms with Crippen LogP contribution in [0, 0.1) is 23.7 Å². The van der Waals surface area contributed by atoms with E-state index < -0.39 is 227 Å². The Hall–Kier alpha value is -2.62. The van der Waals surface area contributed by atoms with Crippen molar-refractivity contribution in [2.24, 2.45) is 23.7 Å². The number of aliphatic hydroxyl groups is 17. The van der Waals surface area contributed by atoms with E-state index in [4.69, 9.17) is 52.1 Å². The Balaban J connectivity index is 0.898. The smallest absolute Gasteiger partial charge is 0.330 e. The quantitative estimate of drug-likeness (QED) is 0.0448. The number of hydrogen-bond donors (Lipinski definition) is 17. The number of hydrogen-bond acceptors (Lipinski definition) is 30. The minimum Gasteiger partial charge on any atom is -0.460 e. The number of allylic oxidation sites excluding steroid dienone is 2. The maximum atomic E-state index is 12.7. The fourth-order valence-electron chi connectivity index (χ4n) is 13.5. The van der Waals surface area contributed by atoms with Crippen LogP contribution in [-0.4, -0.2) is 302 Å². The third-order valence-corrected chi connectivity index (χ3v) is 18.9. The van der Waals surface area contributed by atoms with Crippen molar-refractivity contribution < 1.29 is 149 Å². The van der Waals surface area contributed by atoms with Crippen LogP contribution in [0.2, 0.25) is 0 Å². The lowest BCUT2D eigenvalue weighted by atomic mass is 9.72. The fourth-order valence-corrected chi connectivity index (χ4v) is 13.5. The first-order chi connectivity index (χ1) is 41.3. The van der Waals surface area contributed by atoms with E-state index in [1.165, 1.54) is 19.1 Å². The lowest BCUT2D eigenvalue weighted by Crippen LogP contribution is -2.64. The van der Waals surface area contributed by atoms with Crippen LogP contribution in [0.1, 0.15) is 90.4 Å². The molecule has 5 heterocycles. The molecule has 4 saturated carbocycles. The largest absolute Gasteiger partial charge is 0.460 e. The van der Waals surface area contributed by atoms with E-state index in [1.54, 1.807) is 12.2 Å².